The lowest BCUT2D eigenvalue weighted by Crippen LogP contribution is -2.23. The molecule has 0 aliphatic carbocycles. The fraction of sp³-hybridized carbons (Fsp3) is 0.111. The first-order valence-corrected chi connectivity index (χ1v) is 7.40. The number of aromatic nitrogens is 2. The molecule has 2 heterocycles. The summed E-state index contributed by atoms with van der Waals surface area (Å²) in [4.78, 5) is 16.7. The van der Waals surface area contributed by atoms with Gasteiger partial charge in [0.1, 0.15) is 24.3 Å². The van der Waals surface area contributed by atoms with Gasteiger partial charge in [-0.2, -0.15) is 4.98 Å². The number of rotatable bonds is 2. The van der Waals surface area contributed by atoms with Crippen molar-refractivity contribution >= 4 is 0 Å². The highest BCUT2D eigenvalue weighted by Gasteiger charge is 2.28. The van der Waals surface area contributed by atoms with Crippen molar-refractivity contribution in [2.75, 3.05) is 6.61 Å². The van der Waals surface area contributed by atoms with Crippen LogP contribution in [0.3, 0.4) is 0 Å². The van der Waals surface area contributed by atoms with E-state index in [1.807, 2.05) is 30.3 Å². The summed E-state index contributed by atoms with van der Waals surface area (Å²) in [6.07, 6.45) is 0. The van der Waals surface area contributed by atoms with Crippen LogP contribution < -0.4 is 10.3 Å². The van der Waals surface area contributed by atoms with E-state index < -0.39 is 11.6 Å². The molecular weight excluding hydrogens is 314 g/mol. The molecule has 0 radical (unpaired) electrons. The molecule has 0 N–H and O–H groups in total. The minimum atomic E-state index is -0.774. The molecule has 1 aromatic heterocycles. The van der Waals surface area contributed by atoms with Crippen molar-refractivity contribution < 1.29 is 13.5 Å². The minimum absolute atomic E-state index is 0.0589. The summed E-state index contributed by atoms with van der Waals surface area (Å²) >= 11 is 0. The molecule has 0 bridgehead atoms. The molecule has 0 unspecified atom stereocenters. The van der Waals surface area contributed by atoms with Crippen molar-refractivity contribution in [3.05, 3.63) is 82.1 Å². The molecule has 120 valence electrons. The Morgan fingerprint density at radius 2 is 1.88 bits per heavy atom. The van der Waals surface area contributed by atoms with E-state index in [0.29, 0.717) is 0 Å². The predicted octanol–water partition coefficient (Wildman–Crippen LogP) is 3.17. The van der Waals surface area contributed by atoms with Gasteiger partial charge in [-0.05, 0) is 17.7 Å². The van der Waals surface area contributed by atoms with Crippen LogP contribution in [-0.4, -0.2) is 16.2 Å². The Kier molecular flexibility index (Phi) is 3.37. The average Bonchev–Trinajstić information content (AvgIpc) is 3.00. The molecule has 1 aliphatic rings. The van der Waals surface area contributed by atoms with Crippen LogP contribution in [0.5, 0.6) is 6.01 Å². The Hall–Kier alpha value is -3.02. The van der Waals surface area contributed by atoms with E-state index in [9.17, 15) is 13.6 Å². The summed E-state index contributed by atoms with van der Waals surface area (Å²) < 4.78 is 34.0. The van der Waals surface area contributed by atoms with E-state index in [0.717, 1.165) is 17.7 Å². The van der Waals surface area contributed by atoms with Crippen molar-refractivity contribution in [3.8, 4) is 17.3 Å². The van der Waals surface area contributed by atoms with Gasteiger partial charge in [0.25, 0.3) is 5.56 Å². The first kappa shape index (κ1) is 14.6. The number of ether oxygens (including phenoxy) is 1. The highest BCUT2D eigenvalue weighted by molar-refractivity contribution is 5.60. The predicted molar refractivity (Wildman–Crippen MR) is 83.9 cm³/mol. The fourth-order valence-electron chi connectivity index (χ4n) is 2.84. The fourth-order valence-corrected chi connectivity index (χ4v) is 2.84. The smallest absolute Gasteiger partial charge is 0.300 e. The van der Waals surface area contributed by atoms with Crippen LogP contribution >= 0.6 is 0 Å². The van der Waals surface area contributed by atoms with Crippen LogP contribution in [0.1, 0.15) is 11.6 Å². The SMILES string of the molecule is O=c1cc(-c2ccc(F)cc2F)nc2n1[C@H](c1ccccc1)CO2. The van der Waals surface area contributed by atoms with Crippen LogP contribution in [0.15, 0.2) is 59.4 Å². The molecule has 1 aliphatic heterocycles. The molecular formula is C18H12F2N2O2. The standard InChI is InChI=1S/C18H12F2N2O2/c19-12-6-7-13(14(20)8-12)15-9-17(23)22-16(10-24-18(22)21-15)11-4-2-1-3-5-11/h1-9,16H,10H2/t16-/m0/s1. The Bertz CT molecular complexity index is 970. The van der Waals surface area contributed by atoms with Gasteiger partial charge in [-0.3, -0.25) is 9.36 Å². The summed E-state index contributed by atoms with van der Waals surface area (Å²) in [5.74, 6) is -1.46. The maximum absolute atomic E-state index is 13.9. The Morgan fingerprint density at radius 1 is 1.08 bits per heavy atom. The van der Waals surface area contributed by atoms with Crippen molar-refractivity contribution in [2.45, 2.75) is 6.04 Å². The quantitative estimate of drug-likeness (QED) is 0.726. The second kappa shape index (κ2) is 5.56. The van der Waals surface area contributed by atoms with Crippen molar-refractivity contribution in [2.24, 2.45) is 0 Å². The first-order chi connectivity index (χ1) is 11.6. The second-order valence-electron chi connectivity index (χ2n) is 5.49. The number of fused-ring (bicyclic) bond motifs is 1. The normalized spacial score (nSPS) is 15.8. The van der Waals surface area contributed by atoms with Crippen LogP contribution in [0, 0.1) is 11.6 Å². The largest absolute Gasteiger partial charge is 0.462 e. The number of hydrogen-bond donors (Lipinski definition) is 0. The molecule has 0 saturated carbocycles. The Morgan fingerprint density at radius 3 is 2.62 bits per heavy atom. The summed E-state index contributed by atoms with van der Waals surface area (Å²) in [5, 5.41) is 0. The van der Waals surface area contributed by atoms with Crippen molar-refractivity contribution in [1.29, 1.82) is 0 Å². The van der Waals surface area contributed by atoms with Gasteiger partial charge in [-0.1, -0.05) is 30.3 Å². The Balaban J connectivity index is 1.81. The Labute approximate surface area is 136 Å². The van der Waals surface area contributed by atoms with Gasteiger partial charge >= 0.3 is 6.01 Å². The van der Waals surface area contributed by atoms with E-state index in [-0.39, 0.29) is 35.5 Å². The van der Waals surface area contributed by atoms with E-state index >= 15 is 0 Å². The van der Waals surface area contributed by atoms with Gasteiger partial charge in [0.05, 0.1) is 5.69 Å². The van der Waals surface area contributed by atoms with Crippen molar-refractivity contribution in [3.63, 3.8) is 0 Å². The van der Waals surface area contributed by atoms with Gasteiger partial charge in [0.15, 0.2) is 0 Å². The minimum Gasteiger partial charge on any atom is -0.462 e. The van der Waals surface area contributed by atoms with E-state index in [2.05, 4.69) is 4.98 Å². The van der Waals surface area contributed by atoms with Crippen LogP contribution in [0.4, 0.5) is 8.78 Å². The number of hydrogen-bond acceptors (Lipinski definition) is 3. The van der Waals surface area contributed by atoms with Gasteiger partial charge in [-0.15, -0.1) is 0 Å². The number of benzene rings is 2. The lowest BCUT2D eigenvalue weighted by molar-refractivity contribution is 0.332. The van der Waals surface area contributed by atoms with E-state index in [4.69, 9.17) is 4.74 Å². The molecule has 6 heteroatoms. The summed E-state index contributed by atoms with van der Waals surface area (Å²) in [7, 11) is 0. The molecule has 0 saturated heterocycles. The maximum Gasteiger partial charge on any atom is 0.300 e. The first-order valence-electron chi connectivity index (χ1n) is 7.40. The third-order valence-electron chi connectivity index (χ3n) is 3.99. The van der Waals surface area contributed by atoms with Crippen molar-refractivity contribution in [1.82, 2.24) is 9.55 Å². The molecule has 24 heavy (non-hydrogen) atoms. The highest BCUT2D eigenvalue weighted by atomic mass is 19.1. The second-order valence-corrected chi connectivity index (χ2v) is 5.49. The molecule has 2 aromatic carbocycles. The monoisotopic (exact) mass is 326 g/mol. The average molecular weight is 326 g/mol. The van der Waals surface area contributed by atoms with E-state index in [1.165, 1.54) is 16.7 Å². The summed E-state index contributed by atoms with van der Waals surface area (Å²) in [6.45, 7) is 0.279. The van der Waals surface area contributed by atoms with E-state index in [1.54, 1.807) is 0 Å². The number of nitrogens with zero attached hydrogens (tertiary/aromatic N) is 2. The molecule has 0 spiro atoms. The lowest BCUT2D eigenvalue weighted by Gasteiger charge is -2.11. The van der Waals surface area contributed by atoms with Gasteiger partial charge in [0, 0.05) is 17.7 Å². The molecule has 3 aromatic rings. The van der Waals surface area contributed by atoms with Crippen LogP contribution in [0.2, 0.25) is 0 Å². The molecule has 1 atom stereocenters. The zero-order chi connectivity index (χ0) is 16.7. The van der Waals surface area contributed by atoms with Gasteiger partial charge < -0.3 is 4.74 Å². The highest BCUT2D eigenvalue weighted by Crippen LogP contribution is 2.30. The third kappa shape index (κ3) is 2.36. The third-order valence-corrected chi connectivity index (χ3v) is 3.99. The lowest BCUT2D eigenvalue weighted by atomic mass is 10.1. The molecule has 4 nitrogen and oxygen atoms in total. The number of halogens is 2. The van der Waals surface area contributed by atoms with Gasteiger partial charge in [-0.25, -0.2) is 8.78 Å². The van der Waals surface area contributed by atoms with Crippen LogP contribution in [-0.2, 0) is 0 Å². The topological polar surface area (TPSA) is 44.1 Å². The molecule has 0 fully saturated rings. The zero-order valence-electron chi connectivity index (χ0n) is 12.4. The zero-order valence-corrected chi connectivity index (χ0v) is 12.4. The van der Waals surface area contributed by atoms with Crippen LogP contribution in [0.25, 0.3) is 11.3 Å². The van der Waals surface area contributed by atoms with Gasteiger partial charge in [0.2, 0.25) is 0 Å². The molecule has 4 rings (SSSR count). The summed E-state index contributed by atoms with van der Waals surface area (Å²) in [6, 6.07) is 13.7. The molecule has 0 amide bonds. The maximum atomic E-state index is 13.9. The summed E-state index contributed by atoms with van der Waals surface area (Å²) in [5.41, 5.74) is 0.770.